The van der Waals surface area contributed by atoms with Crippen LogP contribution in [0, 0.1) is 11.8 Å². The van der Waals surface area contributed by atoms with Gasteiger partial charge < -0.3 is 10.2 Å². The maximum atomic E-state index is 5.56. The van der Waals surface area contributed by atoms with Gasteiger partial charge in [0.1, 0.15) is 0 Å². The summed E-state index contributed by atoms with van der Waals surface area (Å²) in [5.41, 5.74) is 1.10. The highest BCUT2D eigenvalue weighted by molar-refractivity contribution is 7.80. The first-order valence-electron chi connectivity index (χ1n) is 7.44. The van der Waals surface area contributed by atoms with Crippen LogP contribution in [0.1, 0.15) is 32.1 Å². The Kier molecular flexibility index (Phi) is 4.02. The van der Waals surface area contributed by atoms with E-state index in [0.717, 1.165) is 35.7 Å². The van der Waals surface area contributed by atoms with E-state index < -0.39 is 0 Å². The number of fused-ring (bicyclic) bond motifs is 1. The van der Waals surface area contributed by atoms with Crippen LogP contribution < -0.4 is 5.32 Å². The van der Waals surface area contributed by atoms with E-state index in [1.54, 1.807) is 0 Å². The van der Waals surface area contributed by atoms with Gasteiger partial charge in [0.15, 0.2) is 5.11 Å². The largest absolute Gasteiger partial charge is 0.349 e. The van der Waals surface area contributed by atoms with Gasteiger partial charge in [-0.2, -0.15) is 0 Å². The fraction of sp³-hybridized carbons (Fsp3) is 0.562. The number of thiocarbonyl (C=S) groups is 1. The van der Waals surface area contributed by atoms with Crippen molar-refractivity contribution in [1.82, 2.24) is 4.90 Å². The molecule has 1 aliphatic carbocycles. The topological polar surface area (TPSA) is 15.3 Å². The number of benzene rings is 1. The fourth-order valence-electron chi connectivity index (χ4n) is 3.51. The zero-order chi connectivity index (χ0) is 13.1. The minimum atomic E-state index is 0.873. The van der Waals surface area contributed by atoms with Gasteiger partial charge in [0.25, 0.3) is 0 Å². The van der Waals surface area contributed by atoms with Crippen LogP contribution >= 0.6 is 12.2 Å². The van der Waals surface area contributed by atoms with Crippen LogP contribution in [-0.2, 0) is 0 Å². The molecule has 2 aliphatic rings. The van der Waals surface area contributed by atoms with Gasteiger partial charge in [-0.25, -0.2) is 0 Å². The lowest BCUT2D eigenvalue weighted by Gasteiger charge is -2.42. The Bertz CT molecular complexity index is 432. The number of likely N-dealkylation sites (tertiary alicyclic amines) is 1. The molecule has 1 aromatic carbocycles. The molecule has 102 valence electrons. The number of anilines is 1. The molecule has 0 bridgehead atoms. The van der Waals surface area contributed by atoms with Crippen molar-refractivity contribution in [2.45, 2.75) is 32.1 Å². The van der Waals surface area contributed by atoms with Crippen molar-refractivity contribution in [2.24, 2.45) is 11.8 Å². The summed E-state index contributed by atoms with van der Waals surface area (Å²) < 4.78 is 0. The first-order chi connectivity index (χ1) is 9.33. The summed E-state index contributed by atoms with van der Waals surface area (Å²) in [6, 6.07) is 10.2. The minimum absolute atomic E-state index is 0.873. The van der Waals surface area contributed by atoms with Crippen molar-refractivity contribution in [3.8, 4) is 0 Å². The molecule has 1 heterocycles. The zero-order valence-electron chi connectivity index (χ0n) is 11.3. The summed E-state index contributed by atoms with van der Waals surface area (Å²) in [6.07, 6.45) is 7.01. The summed E-state index contributed by atoms with van der Waals surface area (Å²) in [5, 5.41) is 4.26. The van der Waals surface area contributed by atoms with Gasteiger partial charge in [-0.1, -0.05) is 37.5 Å². The van der Waals surface area contributed by atoms with Crippen LogP contribution in [0.25, 0.3) is 0 Å². The number of nitrogens with one attached hydrogen (secondary N) is 1. The Morgan fingerprint density at radius 1 is 1.05 bits per heavy atom. The van der Waals surface area contributed by atoms with Gasteiger partial charge in [-0.05, 0) is 49.0 Å². The van der Waals surface area contributed by atoms with Crippen LogP contribution in [0.3, 0.4) is 0 Å². The normalized spacial score (nSPS) is 26.6. The Morgan fingerprint density at radius 3 is 2.58 bits per heavy atom. The quantitative estimate of drug-likeness (QED) is 0.782. The summed E-state index contributed by atoms with van der Waals surface area (Å²) in [7, 11) is 0. The summed E-state index contributed by atoms with van der Waals surface area (Å²) >= 11 is 5.56. The van der Waals surface area contributed by atoms with E-state index in [1.807, 2.05) is 18.2 Å². The Labute approximate surface area is 121 Å². The average molecular weight is 274 g/mol. The molecule has 0 aromatic heterocycles. The van der Waals surface area contributed by atoms with Gasteiger partial charge in [-0.15, -0.1) is 0 Å². The number of piperidine rings is 1. The summed E-state index contributed by atoms with van der Waals surface area (Å²) in [6.45, 7) is 2.28. The molecule has 1 aromatic rings. The van der Waals surface area contributed by atoms with Crippen molar-refractivity contribution in [3.63, 3.8) is 0 Å². The lowest BCUT2D eigenvalue weighted by Crippen LogP contribution is -2.46. The molecule has 1 aliphatic heterocycles. The highest BCUT2D eigenvalue weighted by atomic mass is 32.1. The first kappa shape index (κ1) is 12.9. The van der Waals surface area contributed by atoms with Crippen LogP contribution in [-0.4, -0.2) is 23.1 Å². The second-order valence-corrected chi connectivity index (χ2v) is 6.22. The average Bonchev–Trinajstić information content (AvgIpc) is 2.48. The van der Waals surface area contributed by atoms with E-state index in [1.165, 1.54) is 32.1 Å². The van der Waals surface area contributed by atoms with Crippen molar-refractivity contribution in [1.29, 1.82) is 0 Å². The lowest BCUT2D eigenvalue weighted by atomic mass is 9.75. The molecule has 0 unspecified atom stereocenters. The first-order valence-corrected chi connectivity index (χ1v) is 7.85. The Morgan fingerprint density at radius 2 is 1.79 bits per heavy atom. The number of rotatable bonds is 1. The molecule has 0 amide bonds. The number of hydrogen-bond donors (Lipinski definition) is 1. The fourth-order valence-corrected chi connectivity index (χ4v) is 3.79. The Hall–Kier alpha value is -1.09. The van der Waals surface area contributed by atoms with Gasteiger partial charge in [0.2, 0.25) is 0 Å². The molecule has 2 nitrogen and oxygen atoms in total. The zero-order valence-corrected chi connectivity index (χ0v) is 12.2. The summed E-state index contributed by atoms with van der Waals surface area (Å²) in [5.74, 6) is 1.84. The highest BCUT2D eigenvalue weighted by Crippen LogP contribution is 2.36. The smallest absolute Gasteiger partial charge is 0.173 e. The highest BCUT2D eigenvalue weighted by Gasteiger charge is 2.31. The summed E-state index contributed by atoms with van der Waals surface area (Å²) in [4.78, 5) is 2.37. The van der Waals surface area contributed by atoms with E-state index in [2.05, 4.69) is 22.3 Å². The van der Waals surface area contributed by atoms with Gasteiger partial charge >= 0.3 is 0 Å². The minimum Gasteiger partial charge on any atom is -0.349 e. The predicted molar refractivity (Wildman–Crippen MR) is 84.3 cm³/mol. The molecule has 3 rings (SSSR count). The lowest BCUT2D eigenvalue weighted by molar-refractivity contribution is 0.131. The van der Waals surface area contributed by atoms with Gasteiger partial charge in [0.05, 0.1) is 0 Å². The van der Waals surface area contributed by atoms with Crippen LogP contribution in [0.5, 0.6) is 0 Å². The number of nitrogens with zero attached hydrogens (tertiary/aromatic N) is 1. The third-order valence-corrected chi connectivity index (χ3v) is 4.96. The van der Waals surface area contributed by atoms with Crippen LogP contribution in [0.15, 0.2) is 30.3 Å². The molecule has 1 saturated heterocycles. The van der Waals surface area contributed by atoms with Gasteiger partial charge in [0, 0.05) is 18.8 Å². The number of hydrogen-bond acceptors (Lipinski definition) is 1. The Balaban J connectivity index is 1.59. The SMILES string of the molecule is S=C(Nc1ccccc1)N1CC[C@@H]2CCCC[C@H]2C1. The van der Waals surface area contributed by atoms with Gasteiger partial charge in [-0.3, -0.25) is 0 Å². The third kappa shape index (κ3) is 3.08. The second kappa shape index (κ2) is 5.91. The maximum absolute atomic E-state index is 5.56. The molecular formula is C16H22N2S. The monoisotopic (exact) mass is 274 g/mol. The molecule has 1 N–H and O–H groups in total. The van der Waals surface area contributed by atoms with E-state index in [4.69, 9.17) is 12.2 Å². The predicted octanol–water partition coefficient (Wildman–Crippen LogP) is 3.90. The molecule has 19 heavy (non-hydrogen) atoms. The van der Waals surface area contributed by atoms with Crippen molar-refractivity contribution in [2.75, 3.05) is 18.4 Å². The molecule has 3 heteroatoms. The van der Waals surface area contributed by atoms with Crippen molar-refractivity contribution < 1.29 is 0 Å². The molecule has 2 fully saturated rings. The maximum Gasteiger partial charge on any atom is 0.173 e. The van der Waals surface area contributed by atoms with Crippen molar-refractivity contribution in [3.05, 3.63) is 30.3 Å². The third-order valence-electron chi connectivity index (χ3n) is 4.60. The van der Waals surface area contributed by atoms with E-state index >= 15 is 0 Å². The molecular weight excluding hydrogens is 252 g/mol. The van der Waals surface area contributed by atoms with E-state index in [9.17, 15) is 0 Å². The molecule has 2 atom stereocenters. The van der Waals surface area contributed by atoms with Crippen LogP contribution in [0.2, 0.25) is 0 Å². The number of para-hydroxylation sites is 1. The second-order valence-electron chi connectivity index (χ2n) is 5.84. The van der Waals surface area contributed by atoms with E-state index in [0.29, 0.717) is 0 Å². The molecule has 1 saturated carbocycles. The molecule has 0 radical (unpaired) electrons. The van der Waals surface area contributed by atoms with Crippen molar-refractivity contribution >= 4 is 23.0 Å². The van der Waals surface area contributed by atoms with E-state index in [-0.39, 0.29) is 0 Å². The standard InChI is InChI=1S/C16H22N2S/c19-16(17-15-8-2-1-3-9-15)18-11-10-13-6-4-5-7-14(13)12-18/h1-3,8-9,13-14H,4-7,10-12H2,(H,17,19)/t13-,14-/m0/s1. The van der Waals surface area contributed by atoms with Crippen LogP contribution in [0.4, 0.5) is 5.69 Å². The molecule has 0 spiro atoms.